The molecular weight excluding hydrogens is 637 g/mol. The number of methoxy groups -OCH3 is 1. The summed E-state index contributed by atoms with van der Waals surface area (Å²) in [5, 5.41) is 0. The largest absolute Gasteiger partial charge is 0.481 e. The molecule has 4 heterocycles. The zero-order valence-corrected chi connectivity index (χ0v) is 29.0. The van der Waals surface area contributed by atoms with Crippen molar-refractivity contribution in [3.8, 4) is 11.8 Å². The number of ether oxygens (including phenoxy) is 3. The molecule has 254 valence electrons. The molecule has 0 radical (unpaired) electrons. The standard InChI is InChI=1S/C36H45N5O4.2ClH/c1-3-45-35-30(34(43-2)37-33(38-35)27-14-15-27)22-39-20-29-21-40(36(42)28-16-19-44-24-28)17-18-41(29)31(23-39)32(25-10-6-4-7-11-25)26-12-8-5-9-13-26;;/h4-13,27-29,31-32H,3,14-24H2,1-2H3;2*1H. The Morgan fingerprint density at radius 3 is 2.19 bits per heavy atom. The van der Waals surface area contributed by atoms with Crippen molar-refractivity contribution in [1.82, 2.24) is 24.7 Å². The summed E-state index contributed by atoms with van der Waals surface area (Å²) in [7, 11) is 1.69. The van der Waals surface area contributed by atoms with E-state index in [1.807, 2.05) is 6.92 Å². The zero-order valence-electron chi connectivity index (χ0n) is 27.3. The Bertz CT molecular complexity index is 1420. The minimum atomic E-state index is -0.0198. The van der Waals surface area contributed by atoms with Crippen molar-refractivity contribution in [2.45, 2.75) is 56.7 Å². The Morgan fingerprint density at radius 1 is 0.915 bits per heavy atom. The molecule has 3 atom stereocenters. The van der Waals surface area contributed by atoms with Crippen LogP contribution in [0.4, 0.5) is 0 Å². The summed E-state index contributed by atoms with van der Waals surface area (Å²) in [6.07, 6.45) is 3.04. The van der Waals surface area contributed by atoms with E-state index in [0.717, 1.165) is 56.8 Å². The highest BCUT2D eigenvalue weighted by Crippen LogP contribution is 2.41. The topological polar surface area (TPSA) is 80.3 Å². The van der Waals surface area contributed by atoms with E-state index in [0.29, 0.717) is 50.6 Å². The van der Waals surface area contributed by atoms with Crippen molar-refractivity contribution >= 4 is 30.7 Å². The number of hydrogen-bond donors (Lipinski definition) is 0. The fourth-order valence-electron chi connectivity index (χ4n) is 7.55. The molecule has 11 heteroatoms. The summed E-state index contributed by atoms with van der Waals surface area (Å²) in [5.41, 5.74) is 3.51. The highest BCUT2D eigenvalue weighted by atomic mass is 35.5. The lowest BCUT2D eigenvalue weighted by Crippen LogP contribution is -2.67. The fraction of sp³-hybridized carbons (Fsp3) is 0.528. The van der Waals surface area contributed by atoms with Gasteiger partial charge in [-0.2, -0.15) is 9.97 Å². The van der Waals surface area contributed by atoms with Crippen LogP contribution in [0.15, 0.2) is 60.7 Å². The summed E-state index contributed by atoms with van der Waals surface area (Å²) in [4.78, 5) is 30.6. The molecule has 7 rings (SSSR count). The number of halogens is 2. The van der Waals surface area contributed by atoms with E-state index in [-0.39, 0.29) is 54.6 Å². The number of amides is 1. The molecule has 1 aliphatic carbocycles. The molecule has 1 amide bonds. The van der Waals surface area contributed by atoms with Crippen LogP contribution in [0.1, 0.15) is 60.5 Å². The highest BCUT2D eigenvalue weighted by molar-refractivity contribution is 5.85. The van der Waals surface area contributed by atoms with Crippen LogP contribution in [-0.2, 0) is 16.1 Å². The second kappa shape index (κ2) is 16.0. The third-order valence-corrected chi connectivity index (χ3v) is 9.91. The van der Waals surface area contributed by atoms with Crippen molar-refractivity contribution in [2.75, 3.05) is 59.7 Å². The second-order valence-corrected chi connectivity index (χ2v) is 12.9. The van der Waals surface area contributed by atoms with Crippen LogP contribution < -0.4 is 9.47 Å². The van der Waals surface area contributed by atoms with Gasteiger partial charge in [0.1, 0.15) is 5.82 Å². The Labute approximate surface area is 290 Å². The highest BCUT2D eigenvalue weighted by Gasteiger charge is 2.44. The number of piperazine rings is 2. The number of nitrogens with zero attached hydrogens (tertiary/aromatic N) is 5. The molecule has 3 aromatic rings. The smallest absolute Gasteiger partial charge is 0.228 e. The zero-order chi connectivity index (χ0) is 30.8. The molecule has 3 saturated heterocycles. The van der Waals surface area contributed by atoms with Gasteiger partial charge in [0.05, 0.1) is 31.8 Å². The van der Waals surface area contributed by atoms with Gasteiger partial charge in [-0.15, -0.1) is 24.8 Å². The first-order valence-corrected chi connectivity index (χ1v) is 16.6. The first-order chi connectivity index (χ1) is 22.1. The summed E-state index contributed by atoms with van der Waals surface area (Å²) < 4.78 is 17.6. The lowest BCUT2D eigenvalue weighted by atomic mass is 9.81. The van der Waals surface area contributed by atoms with E-state index in [1.165, 1.54) is 11.1 Å². The maximum absolute atomic E-state index is 13.6. The van der Waals surface area contributed by atoms with Crippen LogP contribution in [-0.4, -0.2) is 102 Å². The first-order valence-electron chi connectivity index (χ1n) is 16.6. The summed E-state index contributed by atoms with van der Waals surface area (Å²) >= 11 is 0. The molecule has 4 aliphatic rings. The molecule has 1 saturated carbocycles. The quantitative estimate of drug-likeness (QED) is 0.290. The third kappa shape index (κ3) is 7.70. The number of benzene rings is 2. The number of hydrogen-bond acceptors (Lipinski definition) is 8. The van der Waals surface area contributed by atoms with Gasteiger partial charge in [0.15, 0.2) is 0 Å². The lowest BCUT2D eigenvalue weighted by molar-refractivity contribution is -0.141. The normalized spacial score (nSPS) is 23.0. The Morgan fingerprint density at radius 2 is 1.60 bits per heavy atom. The van der Waals surface area contributed by atoms with Crippen molar-refractivity contribution in [2.24, 2.45) is 5.92 Å². The predicted octanol–water partition coefficient (Wildman–Crippen LogP) is 5.17. The van der Waals surface area contributed by atoms with Gasteiger partial charge in [0, 0.05) is 69.8 Å². The van der Waals surface area contributed by atoms with Gasteiger partial charge in [-0.3, -0.25) is 14.6 Å². The van der Waals surface area contributed by atoms with Gasteiger partial charge in [0.25, 0.3) is 0 Å². The minimum absolute atomic E-state index is 0. The third-order valence-electron chi connectivity index (χ3n) is 9.91. The van der Waals surface area contributed by atoms with Gasteiger partial charge in [0.2, 0.25) is 17.7 Å². The van der Waals surface area contributed by atoms with Gasteiger partial charge < -0.3 is 19.1 Å². The summed E-state index contributed by atoms with van der Waals surface area (Å²) in [6, 6.07) is 22.2. The van der Waals surface area contributed by atoms with E-state index in [9.17, 15) is 4.79 Å². The molecule has 9 nitrogen and oxygen atoms in total. The fourth-order valence-corrected chi connectivity index (χ4v) is 7.55. The SMILES string of the molecule is CCOc1nc(C2CC2)nc(OC)c1CN1CC2CN(C(=O)C3CCOC3)CCN2C(C(c2ccccc2)c2ccccc2)C1.Cl.Cl. The molecule has 3 unspecified atom stereocenters. The molecule has 0 spiro atoms. The monoisotopic (exact) mass is 683 g/mol. The van der Waals surface area contributed by atoms with Crippen LogP contribution in [0.25, 0.3) is 0 Å². The number of carbonyl (C=O) groups excluding carboxylic acids is 1. The van der Waals surface area contributed by atoms with E-state index in [2.05, 4.69) is 75.4 Å². The van der Waals surface area contributed by atoms with Gasteiger partial charge in [-0.05, 0) is 37.3 Å². The average Bonchev–Trinajstić information content (AvgIpc) is 3.79. The number of rotatable bonds is 10. The molecule has 0 bridgehead atoms. The molecular formula is C36H47Cl2N5O4. The van der Waals surface area contributed by atoms with Crippen LogP contribution in [0.5, 0.6) is 11.8 Å². The maximum Gasteiger partial charge on any atom is 0.228 e. The second-order valence-electron chi connectivity index (χ2n) is 12.9. The van der Waals surface area contributed by atoms with E-state index < -0.39 is 0 Å². The molecule has 3 aliphatic heterocycles. The van der Waals surface area contributed by atoms with E-state index >= 15 is 0 Å². The molecule has 1 aromatic heterocycles. The van der Waals surface area contributed by atoms with Gasteiger partial charge in [-0.25, -0.2) is 0 Å². The lowest BCUT2D eigenvalue weighted by Gasteiger charge is -2.53. The van der Waals surface area contributed by atoms with Crippen LogP contribution >= 0.6 is 24.8 Å². The van der Waals surface area contributed by atoms with Crippen LogP contribution in [0, 0.1) is 5.92 Å². The van der Waals surface area contributed by atoms with Gasteiger partial charge >= 0.3 is 0 Å². The van der Waals surface area contributed by atoms with Crippen LogP contribution in [0.2, 0.25) is 0 Å². The average molecular weight is 685 g/mol. The van der Waals surface area contributed by atoms with Crippen molar-refractivity contribution in [3.63, 3.8) is 0 Å². The number of carbonyl (C=O) groups is 1. The summed E-state index contributed by atoms with van der Waals surface area (Å²) in [6.45, 7) is 8.36. The molecule has 4 fully saturated rings. The Kier molecular flexibility index (Phi) is 12.0. The Balaban J connectivity index is 0.00000217. The van der Waals surface area contributed by atoms with Crippen molar-refractivity contribution < 1.29 is 19.0 Å². The van der Waals surface area contributed by atoms with Crippen molar-refractivity contribution in [3.05, 3.63) is 83.2 Å². The van der Waals surface area contributed by atoms with Gasteiger partial charge in [-0.1, -0.05) is 60.7 Å². The predicted molar refractivity (Wildman–Crippen MR) is 186 cm³/mol. The van der Waals surface area contributed by atoms with E-state index in [4.69, 9.17) is 24.2 Å². The number of aromatic nitrogens is 2. The van der Waals surface area contributed by atoms with E-state index in [1.54, 1.807) is 7.11 Å². The molecule has 47 heavy (non-hydrogen) atoms. The summed E-state index contributed by atoms with van der Waals surface area (Å²) in [5.74, 6) is 2.86. The van der Waals surface area contributed by atoms with Crippen molar-refractivity contribution in [1.29, 1.82) is 0 Å². The first kappa shape index (κ1) is 35.4. The minimum Gasteiger partial charge on any atom is -0.481 e. The molecule has 2 aromatic carbocycles. The van der Waals surface area contributed by atoms with Crippen LogP contribution in [0.3, 0.4) is 0 Å². The number of fused-ring (bicyclic) bond motifs is 1. The maximum atomic E-state index is 13.6. The Hall–Kier alpha value is -2.95. The molecule has 0 N–H and O–H groups in total.